The molecule has 0 saturated heterocycles. The van der Waals surface area contributed by atoms with E-state index < -0.39 is 29.7 Å². The molecule has 2 rings (SSSR count). The zero-order valence-corrected chi connectivity index (χ0v) is 15.2. The first-order chi connectivity index (χ1) is 13.0. The van der Waals surface area contributed by atoms with Crippen LogP contribution in [0.1, 0.15) is 17.5 Å². The molecule has 2 aromatic rings. The molecule has 0 aliphatic carbocycles. The van der Waals surface area contributed by atoms with Gasteiger partial charge in [0.2, 0.25) is 5.91 Å². The Bertz CT molecular complexity index is 801. The van der Waals surface area contributed by atoms with Crippen molar-refractivity contribution in [3.8, 4) is 5.75 Å². The topological polar surface area (TPSA) is 116 Å². The highest BCUT2D eigenvalue weighted by atomic mass is 35.5. The highest BCUT2D eigenvalue weighted by molar-refractivity contribution is 6.32. The Balaban J connectivity index is 0.000000370. The fraction of sp³-hybridized carbons (Fsp3) is 0.222. The largest absolute Gasteiger partial charge is 0.487 e. The van der Waals surface area contributed by atoms with Crippen LogP contribution in [0.2, 0.25) is 5.02 Å². The monoisotopic (exact) mass is 418 g/mol. The molecule has 0 fully saturated rings. The van der Waals surface area contributed by atoms with Crippen LogP contribution in [0.4, 0.5) is 13.2 Å². The third kappa shape index (κ3) is 8.28. The summed E-state index contributed by atoms with van der Waals surface area (Å²) in [5.74, 6) is -1.68. The molecule has 0 aliphatic heterocycles. The van der Waals surface area contributed by atoms with E-state index in [4.69, 9.17) is 27.2 Å². The molecule has 0 heterocycles. The number of carboxylic acid groups (broad SMARTS) is 1. The van der Waals surface area contributed by atoms with Gasteiger partial charge in [-0.25, -0.2) is 0 Å². The molecule has 0 saturated carbocycles. The van der Waals surface area contributed by atoms with Gasteiger partial charge in [0, 0.05) is 0 Å². The smallest absolute Gasteiger partial charge is 0.416 e. The fourth-order valence-electron chi connectivity index (χ4n) is 1.83. The summed E-state index contributed by atoms with van der Waals surface area (Å²) < 4.78 is 42.7. The molecule has 0 bridgehead atoms. The molecule has 1 atom stereocenters. The van der Waals surface area contributed by atoms with E-state index in [9.17, 15) is 22.8 Å². The van der Waals surface area contributed by atoms with Crippen molar-refractivity contribution < 1.29 is 32.6 Å². The second kappa shape index (κ2) is 10.5. The zero-order chi connectivity index (χ0) is 21.3. The molecule has 152 valence electrons. The molecule has 1 amide bonds. The normalized spacial score (nSPS) is 11.8. The Labute approximate surface area is 163 Å². The third-order valence-electron chi connectivity index (χ3n) is 3.23. The van der Waals surface area contributed by atoms with Gasteiger partial charge in [0.15, 0.2) is 0 Å². The molecule has 0 aromatic heterocycles. The van der Waals surface area contributed by atoms with Crippen LogP contribution in [0.5, 0.6) is 5.75 Å². The van der Waals surface area contributed by atoms with Gasteiger partial charge in [-0.3, -0.25) is 9.59 Å². The number of primary amides is 1. The van der Waals surface area contributed by atoms with E-state index in [0.29, 0.717) is 0 Å². The van der Waals surface area contributed by atoms with Crippen LogP contribution in [0, 0.1) is 0 Å². The number of aliphatic carboxylic acids is 1. The number of amides is 1. The number of carboxylic acids is 1. The maximum absolute atomic E-state index is 12.5. The minimum absolute atomic E-state index is 0.0502. The van der Waals surface area contributed by atoms with Gasteiger partial charge in [-0.15, -0.1) is 0 Å². The van der Waals surface area contributed by atoms with Gasteiger partial charge in [0.05, 0.1) is 17.0 Å². The molecule has 10 heteroatoms. The Hall–Kier alpha value is -2.78. The van der Waals surface area contributed by atoms with Crippen molar-refractivity contribution in [3.05, 3.63) is 64.7 Å². The van der Waals surface area contributed by atoms with Crippen LogP contribution < -0.4 is 16.2 Å². The van der Waals surface area contributed by atoms with E-state index in [-0.39, 0.29) is 23.8 Å². The number of rotatable bonds is 6. The number of ether oxygens (including phenoxy) is 1. The highest BCUT2D eigenvalue weighted by Gasteiger charge is 2.31. The van der Waals surface area contributed by atoms with Gasteiger partial charge in [-0.1, -0.05) is 41.9 Å². The molecule has 2 aromatic carbocycles. The third-order valence-corrected chi connectivity index (χ3v) is 3.53. The molecule has 1 unspecified atom stereocenters. The van der Waals surface area contributed by atoms with Crippen LogP contribution in [0.3, 0.4) is 0 Å². The molecule has 0 radical (unpaired) electrons. The van der Waals surface area contributed by atoms with Crippen molar-refractivity contribution >= 4 is 23.5 Å². The van der Waals surface area contributed by atoms with Crippen molar-refractivity contribution in [2.75, 3.05) is 0 Å². The predicted octanol–water partition coefficient (Wildman–Crippen LogP) is 3.21. The lowest BCUT2D eigenvalue weighted by Gasteiger charge is -2.11. The molecule has 5 N–H and O–H groups in total. The van der Waals surface area contributed by atoms with Gasteiger partial charge in [0.1, 0.15) is 18.4 Å². The Morgan fingerprint density at radius 1 is 1.14 bits per heavy atom. The van der Waals surface area contributed by atoms with Crippen molar-refractivity contribution in [2.24, 2.45) is 11.5 Å². The number of alkyl halides is 3. The van der Waals surface area contributed by atoms with E-state index >= 15 is 0 Å². The highest BCUT2D eigenvalue weighted by Crippen LogP contribution is 2.34. The summed E-state index contributed by atoms with van der Waals surface area (Å²) in [6, 6.07) is 11.2. The summed E-state index contributed by atoms with van der Waals surface area (Å²) in [6.07, 6.45) is -4.71. The van der Waals surface area contributed by atoms with Crippen LogP contribution in [-0.2, 0) is 22.4 Å². The molecule has 28 heavy (non-hydrogen) atoms. The van der Waals surface area contributed by atoms with Crippen LogP contribution >= 0.6 is 11.6 Å². The summed E-state index contributed by atoms with van der Waals surface area (Å²) in [6.45, 7) is 0.256. The summed E-state index contributed by atoms with van der Waals surface area (Å²) in [4.78, 5) is 19.9. The molecule has 0 aliphatic rings. The molecule has 0 spiro atoms. The Morgan fingerprint density at radius 2 is 1.75 bits per heavy atom. The average molecular weight is 419 g/mol. The van der Waals surface area contributed by atoms with Gasteiger partial charge >= 0.3 is 12.1 Å². The van der Waals surface area contributed by atoms with Crippen molar-refractivity contribution in [3.63, 3.8) is 0 Å². The van der Waals surface area contributed by atoms with Crippen LogP contribution in [0.15, 0.2) is 48.5 Å². The molecular formula is C18H18ClF3N2O4. The van der Waals surface area contributed by atoms with Gasteiger partial charge in [0.25, 0.3) is 0 Å². The summed E-state index contributed by atoms with van der Waals surface area (Å²) in [5, 5.41) is 8.05. The number of hydrogen-bond donors (Lipinski definition) is 3. The number of benzene rings is 2. The molecule has 6 nitrogen and oxygen atoms in total. The number of carbonyl (C=O) groups excluding carboxylic acids is 1. The number of carbonyl (C=O) groups is 2. The fourth-order valence-corrected chi connectivity index (χ4v) is 2.07. The Kier molecular flexibility index (Phi) is 8.75. The SMILES string of the molecule is FC(F)(F)c1ccc(OCc2ccccc2)c(Cl)c1.NC(=O)CC(N)C(=O)O. The minimum Gasteiger partial charge on any atom is -0.487 e. The first kappa shape index (κ1) is 23.3. The standard InChI is InChI=1S/C14H10ClF3O.C4H8N2O3/c15-12-8-11(14(16,17)18)6-7-13(12)19-9-10-4-2-1-3-5-10;5-2(4(8)9)1-3(6)7/h1-8H,9H2;2H,1,5H2,(H2,6,7)(H,8,9). The van der Waals surface area contributed by atoms with Crippen LogP contribution in [-0.4, -0.2) is 23.0 Å². The van der Waals surface area contributed by atoms with E-state index in [1.807, 2.05) is 30.3 Å². The van der Waals surface area contributed by atoms with E-state index in [2.05, 4.69) is 5.73 Å². The van der Waals surface area contributed by atoms with E-state index in [1.165, 1.54) is 6.07 Å². The van der Waals surface area contributed by atoms with Crippen LogP contribution in [0.25, 0.3) is 0 Å². The first-order valence-electron chi connectivity index (χ1n) is 7.81. The van der Waals surface area contributed by atoms with Gasteiger partial charge in [-0.05, 0) is 23.8 Å². The lowest BCUT2D eigenvalue weighted by molar-refractivity contribution is -0.140. The van der Waals surface area contributed by atoms with Crippen molar-refractivity contribution in [1.29, 1.82) is 0 Å². The summed E-state index contributed by atoms with van der Waals surface area (Å²) >= 11 is 5.78. The molecular weight excluding hydrogens is 401 g/mol. The summed E-state index contributed by atoms with van der Waals surface area (Å²) in [5.41, 5.74) is 9.69. The van der Waals surface area contributed by atoms with E-state index in [0.717, 1.165) is 17.7 Å². The van der Waals surface area contributed by atoms with E-state index in [1.54, 1.807) is 0 Å². The predicted molar refractivity (Wildman–Crippen MR) is 96.7 cm³/mol. The zero-order valence-electron chi connectivity index (χ0n) is 14.4. The maximum atomic E-state index is 12.5. The lowest BCUT2D eigenvalue weighted by atomic mass is 10.2. The number of hydrogen-bond acceptors (Lipinski definition) is 4. The second-order valence-electron chi connectivity index (χ2n) is 5.53. The second-order valence-corrected chi connectivity index (χ2v) is 5.94. The lowest BCUT2D eigenvalue weighted by Crippen LogP contribution is -2.34. The average Bonchev–Trinajstić information content (AvgIpc) is 2.60. The number of halogens is 4. The van der Waals surface area contributed by atoms with Crippen molar-refractivity contribution in [1.82, 2.24) is 0 Å². The quantitative estimate of drug-likeness (QED) is 0.666. The Morgan fingerprint density at radius 3 is 2.18 bits per heavy atom. The van der Waals surface area contributed by atoms with Gasteiger partial charge in [-0.2, -0.15) is 13.2 Å². The van der Waals surface area contributed by atoms with Crippen molar-refractivity contribution in [2.45, 2.75) is 25.2 Å². The maximum Gasteiger partial charge on any atom is 0.416 e. The van der Waals surface area contributed by atoms with Gasteiger partial charge < -0.3 is 21.3 Å². The number of nitrogens with two attached hydrogens (primary N) is 2. The first-order valence-corrected chi connectivity index (χ1v) is 8.18. The minimum atomic E-state index is -4.40. The summed E-state index contributed by atoms with van der Waals surface area (Å²) in [7, 11) is 0.